The second-order valence-electron chi connectivity index (χ2n) is 4.78. The van der Waals surface area contributed by atoms with Gasteiger partial charge in [-0.3, -0.25) is 4.79 Å². The summed E-state index contributed by atoms with van der Waals surface area (Å²) in [6.07, 6.45) is 0.686. The number of aryl methyl sites for hydroxylation is 2. The molecule has 1 aromatic heterocycles. The van der Waals surface area contributed by atoms with E-state index in [1.807, 2.05) is 13.8 Å². The number of carbonyl (C=O) groups is 1. The van der Waals surface area contributed by atoms with Gasteiger partial charge >= 0.3 is 6.01 Å². The second-order valence-corrected chi connectivity index (χ2v) is 4.78. The Kier molecular flexibility index (Phi) is 3.62. The van der Waals surface area contributed by atoms with Gasteiger partial charge in [0, 0.05) is 17.0 Å². The molecule has 0 radical (unpaired) electrons. The summed E-state index contributed by atoms with van der Waals surface area (Å²) in [5.41, 5.74) is 2.95. The third kappa shape index (κ3) is 2.78. The van der Waals surface area contributed by atoms with E-state index in [2.05, 4.69) is 30.7 Å². The van der Waals surface area contributed by atoms with Crippen LogP contribution in [0, 0.1) is 13.8 Å². The zero-order valence-electron chi connectivity index (χ0n) is 10.5. The monoisotopic (exact) mass is 222 g/mol. The van der Waals surface area contributed by atoms with Gasteiger partial charge in [0.2, 0.25) is 0 Å². The number of ether oxygens (including phenoxy) is 1. The van der Waals surface area contributed by atoms with E-state index in [-0.39, 0.29) is 18.0 Å². The van der Waals surface area contributed by atoms with Gasteiger partial charge < -0.3 is 4.74 Å². The molecule has 0 saturated carbocycles. The Bertz CT molecular complexity index is 371. The normalized spacial score (nSPS) is 11.3. The first-order valence-corrected chi connectivity index (χ1v) is 5.28. The molecule has 0 unspecified atom stereocenters. The molecular weight excluding hydrogens is 204 g/mol. The summed E-state index contributed by atoms with van der Waals surface area (Å²) in [4.78, 5) is 18.7. The van der Waals surface area contributed by atoms with E-state index in [4.69, 9.17) is 4.74 Å². The largest absolute Gasteiger partial charge is 0.456 e. The maximum absolute atomic E-state index is 10.2. The van der Waals surface area contributed by atoms with Crippen LogP contribution in [0.3, 0.4) is 0 Å². The zero-order valence-corrected chi connectivity index (χ0v) is 10.5. The molecule has 4 nitrogen and oxygen atoms in total. The highest BCUT2D eigenvalue weighted by Gasteiger charge is 2.21. The third-order valence-electron chi connectivity index (χ3n) is 2.28. The number of nitrogens with zero attached hydrogens (tertiary/aromatic N) is 2. The quantitative estimate of drug-likeness (QED) is 0.734. The highest BCUT2D eigenvalue weighted by Crippen LogP contribution is 2.27. The maximum atomic E-state index is 10.2. The second kappa shape index (κ2) is 4.60. The summed E-state index contributed by atoms with van der Waals surface area (Å²) in [5.74, 6) is 0. The van der Waals surface area contributed by atoms with Gasteiger partial charge in [-0.05, 0) is 19.3 Å². The molecule has 0 N–H and O–H groups in total. The maximum Gasteiger partial charge on any atom is 0.317 e. The van der Waals surface area contributed by atoms with Crippen LogP contribution in [-0.2, 0) is 10.2 Å². The lowest BCUT2D eigenvalue weighted by Gasteiger charge is -2.23. The molecule has 0 aliphatic rings. The fraction of sp³-hybridized carbons (Fsp3) is 0.583. The smallest absolute Gasteiger partial charge is 0.317 e. The minimum absolute atomic E-state index is 0.00621. The number of hydrogen-bond acceptors (Lipinski definition) is 4. The Morgan fingerprint density at radius 2 is 1.69 bits per heavy atom. The van der Waals surface area contributed by atoms with E-state index in [9.17, 15) is 4.79 Å². The van der Waals surface area contributed by atoms with Crippen molar-refractivity contribution in [1.29, 1.82) is 0 Å². The molecule has 1 rings (SSSR count). The Labute approximate surface area is 96.1 Å². The standard InChI is InChI=1S/C12H18N2O2/c1-8-10(12(3,4)5)9(2)14-11(13-8)16-7-6-15/h6H,7H2,1-5H3. The van der Waals surface area contributed by atoms with Gasteiger partial charge in [0.05, 0.1) is 0 Å². The van der Waals surface area contributed by atoms with Crippen LogP contribution < -0.4 is 4.74 Å². The lowest BCUT2D eigenvalue weighted by Crippen LogP contribution is -2.18. The molecule has 0 bridgehead atoms. The van der Waals surface area contributed by atoms with Gasteiger partial charge in [-0.15, -0.1) is 0 Å². The van der Waals surface area contributed by atoms with Crippen LogP contribution in [0.25, 0.3) is 0 Å². The molecule has 0 amide bonds. The lowest BCUT2D eigenvalue weighted by molar-refractivity contribution is -0.109. The van der Waals surface area contributed by atoms with Crippen LogP contribution in [0.2, 0.25) is 0 Å². The summed E-state index contributed by atoms with van der Waals surface area (Å²) in [5, 5.41) is 0. The first-order valence-electron chi connectivity index (χ1n) is 5.28. The van der Waals surface area contributed by atoms with E-state index in [0.29, 0.717) is 6.29 Å². The van der Waals surface area contributed by atoms with Crippen molar-refractivity contribution in [3.8, 4) is 6.01 Å². The highest BCUT2D eigenvalue weighted by atomic mass is 16.5. The first-order chi connectivity index (χ1) is 7.36. The summed E-state index contributed by atoms with van der Waals surface area (Å²) in [7, 11) is 0. The molecule has 0 aromatic carbocycles. The van der Waals surface area contributed by atoms with Crippen LogP contribution in [0.5, 0.6) is 6.01 Å². The molecule has 0 aliphatic carbocycles. The molecular formula is C12H18N2O2. The van der Waals surface area contributed by atoms with Crippen LogP contribution in [0.4, 0.5) is 0 Å². The van der Waals surface area contributed by atoms with Crippen LogP contribution >= 0.6 is 0 Å². The molecule has 1 aromatic rings. The van der Waals surface area contributed by atoms with E-state index in [1.165, 1.54) is 0 Å². The summed E-state index contributed by atoms with van der Waals surface area (Å²) >= 11 is 0. The SMILES string of the molecule is Cc1nc(OCC=O)nc(C)c1C(C)(C)C. The lowest BCUT2D eigenvalue weighted by atomic mass is 9.85. The minimum Gasteiger partial charge on any atom is -0.456 e. The summed E-state index contributed by atoms with van der Waals surface area (Å²) < 4.78 is 5.09. The van der Waals surface area contributed by atoms with Crippen molar-refractivity contribution in [3.05, 3.63) is 17.0 Å². The van der Waals surface area contributed by atoms with Crippen molar-refractivity contribution in [2.75, 3.05) is 6.61 Å². The molecule has 1 heterocycles. The van der Waals surface area contributed by atoms with Gasteiger partial charge in [-0.1, -0.05) is 20.8 Å². The van der Waals surface area contributed by atoms with E-state index in [1.54, 1.807) is 0 Å². The predicted octanol–water partition coefficient (Wildman–Crippen LogP) is 1.97. The number of rotatable bonds is 3. The zero-order chi connectivity index (χ0) is 12.3. The number of hydrogen-bond donors (Lipinski definition) is 0. The average molecular weight is 222 g/mol. The Hall–Kier alpha value is -1.45. The van der Waals surface area contributed by atoms with Gasteiger partial charge in [0.25, 0.3) is 0 Å². The van der Waals surface area contributed by atoms with Crippen molar-refractivity contribution in [2.45, 2.75) is 40.0 Å². The Morgan fingerprint density at radius 1 is 1.19 bits per heavy atom. The van der Waals surface area contributed by atoms with Crippen molar-refractivity contribution in [1.82, 2.24) is 9.97 Å². The molecule has 0 atom stereocenters. The summed E-state index contributed by atoms with van der Waals surface area (Å²) in [6, 6.07) is 0.273. The van der Waals surface area contributed by atoms with Crippen LogP contribution in [-0.4, -0.2) is 22.9 Å². The van der Waals surface area contributed by atoms with Crippen molar-refractivity contribution < 1.29 is 9.53 Å². The number of carbonyl (C=O) groups excluding carboxylic acids is 1. The molecule has 0 spiro atoms. The van der Waals surface area contributed by atoms with Crippen molar-refractivity contribution in [2.24, 2.45) is 0 Å². The van der Waals surface area contributed by atoms with Gasteiger partial charge in [-0.25, -0.2) is 9.97 Å². The van der Waals surface area contributed by atoms with Crippen LogP contribution in [0.1, 0.15) is 37.7 Å². The van der Waals surface area contributed by atoms with Crippen LogP contribution in [0.15, 0.2) is 0 Å². The molecule has 16 heavy (non-hydrogen) atoms. The number of aldehydes is 1. The van der Waals surface area contributed by atoms with E-state index < -0.39 is 0 Å². The third-order valence-corrected chi connectivity index (χ3v) is 2.28. The average Bonchev–Trinajstić information content (AvgIpc) is 2.11. The van der Waals surface area contributed by atoms with Crippen molar-refractivity contribution >= 4 is 6.29 Å². The van der Waals surface area contributed by atoms with E-state index >= 15 is 0 Å². The van der Waals surface area contributed by atoms with E-state index in [0.717, 1.165) is 17.0 Å². The molecule has 88 valence electrons. The Morgan fingerprint density at radius 3 is 2.06 bits per heavy atom. The van der Waals surface area contributed by atoms with Gasteiger partial charge in [0.1, 0.15) is 6.61 Å². The minimum atomic E-state index is -0.00621. The first kappa shape index (κ1) is 12.6. The fourth-order valence-electron chi connectivity index (χ4n) is 1.94. The fourth-order valence-corrected chi connectivity index (χ4v) is 1.94. The van der Waals surface area contributed by atoms with Gasteiger partial charge in [-0.2, -0.15) is 0 Å². The molecule has 0 fully saturated rings. The number of aromatic nitrogens is 2. The molecule has 0 saturated heterocycles. The summed E-state index contributed by atoms with van der Waals surface area (Å²) in [6.45, 7) is 10.2. The predicted molar refractivity (Wildman–Crippen MR) is 61.8 cm³/mol. The topological polar surface area (TPSA) is 52.1 Å². The molecule has 4 heteroatoms. The van der Waals surface area contributed by atoms with Crippen molar-refractivity contribution in [3.63, 3.8) is 0 Å². The Balaban J connectivity index is 3.12. The highest BCUT2D eigenvalue weighted by molar-refractivity contribution is 5.51. The van der Waals surface area contributed by atoms with Gasteiger partial charge in [0.15, 0.2) is 6.29 Å². The molecule has 0 aliphatic heterocycles.